The summed E-state index contributed by atoms with van der Waals surface area (Å²) < 4.78 is 62.1. The summed E-state index contributed by atoms with van der Waals surface area (Å²) in [6.07, 6.45) is -2.22. The minimum absolute atomic E-state index is 0.101. The van der Waals surface area contributed by atoms with Crippen LogP contribution in [-0.4, -0.2) is 30.2 Å². The Morgan fingerprint density at radius 1 is 0.946 bits per heavy atom. The highest BCUT2D eigenvalue weighted by Gasteiger charge is 2.31. The lowest BCUT2D eigenvalue weighted by molar-refractivity contribution is -0.274. The normalized spacial score (nSPS) is 14.3. The lowest BCUT2D eigenvalue weighted by Crippen LogP contribution is -2.25. The van der Waals surface area contributed by atoms with Gasteiger partial charge in [0.1, 0.15) is 15.7 Å². The molecule has 3 aromatic rings. The lowest BCUT2D eigenvalue weighted by atomic mass is 10.0. The summed E-state index contributed by atoms with van der Waals surface area (Å²) in [5, 5.41) is 0. The second kappa shape index (κ2) is 11.7. The van der Waals surface area contributed by atoms with Crippen LogP contribution >= 0.6 is 0 Å². The van der Waals surface area contributed by atoms with Crippen LogP contribution in [0.15, 0.2) is 82.1 Å². The maximum absolute atomic E-state index is 13.6. The number of fused-ring (bicyclic) bond motifs is 2. The molecule has 5 nitrogen and oxygen atoms in total. The molecular formula is C28H28F3N3O2S. The number of benzene rings is 3. The molecule has 1 atom stereocenters. The second-order valence-corrected chi connectivity index (χ2v) is 10.5. The molecule has 1 heterocycles. The van der Waals surface area contributed by atoms with Gasteiger partial charge in [-0.1, -0.05) is 55.2 Å². The summed E-state index contributed by atoms with van der Waals surface area (Å²) in [6, 6.07) is 21.5. The van der Waals surface area contributed by atoms with Crippen molar-refractivity contribution in [1.82, 2.24) is 4.72 Å². The van der Waals surface area contributed by atoms with Crippen LogP contribution in [0.2, 0.25) is 0 Å². The Balaban J connectivity index is 1.50. The smallest absolute Gasteiger partial charge is 0.406 e. The number of ether oxygens (including phenoxy) is 1. The Kier molecular flexibility index (Phi) is 8.41. The van der Waals surface area contributed by atoms with E-state index in [9.17, 15) is 17.4 Å². The number of aryl methyl sites for hydroxylation is 2. The number of nitrogens with one attached hydrogen (secondary N) is 1. The van der Waals surface area contributed by atoms with Crippen molar-refractivity contribution in [2.24, 2.45) is 4.36 Å². The Hall–Kier alpha value is -3.48. The zero-order chi connectivity index (χ0) is 26.3. The molecule has 1 unspecified atom stereocenters. The van der Waals surface area contributed by atoms with E-state index < -0.39 is 16.3 Å². The van der Waals surface area contributed by atoms with E-state index in [1.54, 1.807) is 0 Å². The van der Waals surface area contributed by atoms with Gasteiger partial charge in [0.2, 0.25) is 0 Å². The first kappa shape index (κ1) is 26.6. The average molecular weight is 528 g/mol. The zero-order valence-corrected chi connectivity index (χ0v) is 21.2. The van der Waals surface area contributed by atoms with Gasteiger partial charge >= 0.3 is 6.36 Å². The monoisotopic (exact) mass is 527 g/mol. The Bertz CT molecular complexity index is 1350. The van der Waals surface area contributed by atoms with Crippen molar-refractivity contribution < 1.29 is 22.1 Å². The maximum Gasteiger partial charge on any atom is 0.573 e. The van der Waals surface area contributed by atoms with E-state index in [1.807, 2.05) is 31.2 Å². The molecule has 1 aliphatic heterocycles. The third-order valence-corrected chi connectivity index (χ3v) is 7.81. The Morgan fingerprint density at radius 3 is 2.11 bits per heavy atom. The van der Waals surface area contributed by atoms with E-state index in [4.69, 9.17) is 0 Å². The fourth-order valence-corrected chi connectivity index (χ4v) is 5.74. The van der Waals surface area contributed by atoms with Crippen molar-refractivity contribution in [1.29, 1.82) is 0 Å². The molecule has 0 bridgehead atoms. The highest BCUT2D eigenvalue weighted by molar-refractivity contribution is 7.91. The standard InChI is InChI=1S/C28H28F3N3O2S/c1-2-19-32-37(35,25-17-15-24(16-18-25)36-28(29,30)31)33-20-7-8-21-34-26-11-5-3-9-22(26)13-14-23-10-4-6-12-27(23)34/h3-6,9-12,15-18H,2,13-14,19-21H2,1H3,(H,32,33,35). The third kappa shape index (κ3) is 6.85. The first-order valence-electron chi connectivity index (χ1n) is 12.0. The van der Waals surface area contributed by atoms with Gasteiger partial charge in [-0.3, -0.25) is 0 Å². The maximum atomic E-state index is 13.6. The molecule has 0 amide bonds. The van der Waals surface area contributed by atoms with Crippen LogP contribution < -0.4 is 14.4 Å². The van der Waals surface area contributed by atoms with Gasteiger partial charge in [0, 0.05) is 17.9 Å². The Labute approximate surface area is 216 Å². The average Bonchev–Trinajstić information content (AvgIpc) is 3.04. The van der Waals surface area contributed by atoms with Crippen molar-refractivity contribution in [3.63, 3.8) is 0 Å². The fraction of sp³-hybridized carbons (Fsp3) is 0.286. The molecule has 0 fully saturated rings. The number of alkyl halides is 3. The van der Waals surface area contributed by atoms with Crippen LogP contribution in [0.4, 0.5) is 24.5 Å². The number of para-hydroxylation sites is 2. The summed E-state index contributed by atoms with van der Waals surface area (Å²) in [6.45, 7) is 2.79. The van der Waals surface area contributed by atoms with Gasteiger partial charge in [-0.25, -0.2) is 13.3 Å². The van der Waals surface area contributed by atoms with E-state index >= 15 is 0 Å². The molecule has 194 valence electrons. The quantitative estimate of drug-likeness (QED) is 0.369. The molecule has 0 aromatic heterocycles. The number of rotatable bonds is 7. The van der Waals surface area contributed by atoms with Crippen molar-refractivity contribution in [2.45, 2.75) is 37.4 Å². The number of halogens is 3. The number of nitrogens with zero attached hydrogens (tertiary/aromatic N) is 2. The Morgan fingerprint density at radius 2 is 1.54 bits per heavy atom. The van der Waals surface area contributed by atoms with Crippen LogP contribution in [0, 0.1) is 11.8 Å². The number of anilines is 2. The van der Waals surface area contributed by atoms with E-state index in [2.05, 4.69) is 54.8 Å². The van der Waals surface area contributed by atoms with E-state index in [-0.39, 0.29) is 17.2 Å². The summed E-state index contributed by atoms with van der Waals surface area (Å²) >= 11 is 0. The molecule has 0 aliphatic carbocycles. The minimum atomic E-state index is -4.79. The molecule has 0 spiro atoms. The van der Waals surface area contributed by atoms with Crippen LogP contribution in [0.5, 0.6) is 5.75 Å². The number of hydrogen-bond acceptors (Lipinski definition) is 4. The first-order chi connectivity index (χ1) is 17.8. The summed E-state index contributed by atoms with van der Waals surface area (Å²) in [4.78, 5) is 2.47. The molecule has 37 heavy (non-hydrogen) atoms. The molecule has 0 radical (unpaired) electrons. The van der Waals surface area contributed by atoms with Gasteiger partial charge in [0.05, 0.1) is 18.0 Å². The summed E-state index contributed by atoms with van der Waals surface area (Å²) in [5.41, 5.74) is 4.77. The minimum Gasteiger partial charge on any atom is -0.406 e. The highest BCUT2D eigenvalue weighted by Crippen LogP contribution is 2.35. The molecule has 1 N–H and O–H groups in total. The van der Waals surface area contributed by atoms with Crippen LogP contribution in [0.3, 0.4) is 0 Å². The van der Waals surface area contributed by atoms with Gasteiger partial charge in [-0.15, -0.1) is 13.2 Å². The fourth-order valence-electron chi connectivity index (χ4n) is 4.12. The molecule has 3 aromatic carbocycles. The lowest BCUT2D eigenvalue weighted by Gasteiger charge is -2.24. The third-order valence-electron chi connectivity index (χ3n) is 5.82. The molecule has 4 rings (SSSR count). The predicted molar refractivity (Wildman–Crippen MR) is 140 cm³/mol. The van der Waals surface area contributed by atoms with Crippen LogP contribution in [0.1, 0.15) is 24.5 Å². The van der Waals surface area contributed by atoms with E-state index in [0.717, 1.165) is 36.3 Å². The van der Waals surface area contributed by atoms with Gasteiger partial charge in [0.25, 0.3) is 0 Å². The van der Waals surface area contributed by atoms with Gasteiger partial charge in [0.15, 0.2) is 0 Å². The second-order valence-electron chi connectivity index (χ2n) is 8.42. The summed E-state index contributed by atoms with van der Waals surface area (Å²) in [5.74, 6) is 5.84. The molecule has 9 heteroatoms. The summed E-state index contributed by atoms with van der Waals surface area (Å²) in [7, 11) is -3.08. The van der Waals surface area contributed by atoms with Crippen LogP contribution in [-0.2, 0) is 22.8 Å². The highest BCUT2D eigenvalue weighted by atomic mass is 32.2. The van der Waals surface area contributed by atoms with Gasteiger partial charge < -0.3 is 9.64 Å². The predicted octanol–water partition coefficient (Wildman–Crippen LogP) is 6.27. The van der Waals surface area contributed by atoms with Crippen molar-refractivity contribution in [2.75, 3.05) is 24.5 Å². The van der Waals surface area contributed by atoms with Gasteiger partial charge in [-0.2, -0.15) is 0 Å². The molecule has 1 aliphatic rings. The molecule has 0 saturated heterocycles. The molecule has 0 saturated carbocycles. The van der Waals surface area contributed by atoms with E-state index in [1.165, 1.54) is 23.3 Å². The first-order valence-corrected chi connectivity index (χ1v) is 13.5. The largest absolute Gasteiger partial charge is 0.573 e. The van der Waals surface area contributed by atoms with Crippen molar-refractivity contribution in [3.05, 3.63) is 83.9 Å². The van der Waals surface area contributed by atoms with Crippen molar-refractivity contribution in [3.8, 4) is 17.6 Å². The zero-order valence-electron chi connectivity index (χ0n) is 20.4. The SMILES string of the molecule is CCCN=S(=O)(NCC#CCN1c2ccccc2CCc2ccccc21)c1ccc(OC(F)(F)F)cc1. The van der Waals surface area contributed by atoms with Crippen molar-refractivity contribution >= 4 is 21.3 Å². The van der Waals surface area contributed by atoms with Gasteiger partial charge in [-0.05, 0) is 66.8 Å². The molecular weight excluding hydrogens is 499 g/mol. The van der Waals surface area contributed by atoms with Crippen LogP contribution in [0.25, 0.3) is 0 Å². The topological polar surface area (TPSA) is 53.9 Å². The van der Waals surface area contributed by atoms with E-state index in [0.29, 0.717) is 19.5 Å². The number of hydrogen-bond donors (Lipinski definition) is 1.